The molecule has 0 atom stereocenters. The molecule has 1 N–H and O–H groups in total. The lowest BCUT2D eigenvalue weighted by molar-refractivity contribution is 0.102. The van der Waals surface area contributed by atoms with E-state index in [0.29, 0.717) is 11.3 Å². The maximum atomic E-state index is 13.3. The summed E-state index contributed by atoms with van der Waals surface area (Å²) in [6, 6.07) is 12.3. The number of nitrogens with one attached hydrogen (secondary N) is 1. The van der Waals surface area contributed by atoms with E-state index in [0.717, 1.165) is 52.1 Å². The summed E-state index contributed by atoms with van der Waals surface area (Å²) in [5.41, 5.74) is 3.54. The Morgan fingerprint density at radius 2 is 1.82 bits per heavy atom. The number of carbonyl (C=O) groups excluding carboxylic acids is 1. The highest BCUT2D eigenvalue weighted by atomic mass is 32.2. The van der Waals surface area contributed by atoms with Crippen molar-refractivity contribution in [2.24, 2.45) is 0 Å². The standard InChI is InChI=1S/C24H25N5O3S2/c1-27(2)34(31,32)19-9-10-22(28-11-3-4-12-28)20(15-19)23(30)25-18-7-5-17(6-8-18)21-16-29-13-14-33-24(29)26-21/h5-10,13-16H,3-4,11-12H2,1-2H3,(H,25,30). The summed E-state index contributed by atoms with van der Waals surface area (Å²) in [5.74, 6) is -0.340. The van der Waals surface area contributed by atoms with Crippen LogP contribution in [0.25, 0.3) is 16.2 Å². The van der Waals surface area contributed by atoms with Gasteiger partial charge in [0.05, 0.1) is 16.2 Å². The van der Waals surface area contributed by atoms with Gasteiger partial charge in [0.25, 0.3) is 5.91 Å². The van der Waals surface area contributed by atoms with Crippen molar-refractivity contribution in [2.45, 2.75) is 17.7 Å². The first kappa shape index (κ1) is 22.6. The van der Waals surface area contributed by atoms with Crippen molar-refractivity contribution < 1.29 is 13.2 Å². The third kappa shape index (κ3) is 4.20. The molecule has 1 saturated heterocycles. The number of nitrogens with zero attached hydrogens (tertiary/aromatic N) is 4. The van der Waals surface area contributed by atoms with Gasteiger partial charge in [-0.2, -0.15) is 0 Å². The predicted molar refractivity (Wildman–Crippen MR) is 135 cm³/mol. The topological polar surface area (TPSA) is 87.0 Å². The minimum absolute atomic E-state index is 0.0979. The number of fused-ring (bicyclic) bond motifs is 1. The summed E-state index contributed by atoms with van der Waals surface area (Å²) in [6.07, 6.45) is 6.03. The molecular weight excluding hydrogens is 470 g/mol. The fourth-order valence-electron chi connectivity index (χ4n) is 4.09. The van der Waals surface area contributed by atoms with Crippen LogP contribution in [0.1, 0.15) is 23.2 Å². The van der Waals surface area contributed by atoms with Crippen molar-refractivity contribution in [1.29, 1.82) is 0 Å². The van der Waals surface area contributed by atoms with Gasteiger partial charge in [-0.25, -0.2) is 17.7 Å². The molecule has 8 nitrogen and oxygen atoms in total. The molecule has 176 valence electrons. The Labute approximate surface area is 202 Å². The fraction of sp³-hybridized carbons (Fsp3) is 0.250. The van der Waals surface area contributed by atoms with Crippen molar-refractivity contribution in [3.8, 4) is 11.3 Å². The van der Waals surface area contributed by atoms with E-state index < -0.39 is 10.0 Å². The highest BCUT2D eigenvalue weighted by Crippen LogP contribution is 2.29. The molecule has 0 aliphatic carbocycles. The van der Waals surface area contributed by atoms with Crippen LogP contribution in [-0.4, -0.2) is 55.2 Å². The lowest BCUT2D eigenvalue weighted by Crippen LogP contribution is -2.25. The number of hydrogen-bond donors (Lipinski definition) is 1. The first-order chi connectivity index (χ1) is 16.3. The summed E-state index contributed by atoms with van der Waals surface area (Å²) in [5, 5.41) is 4.92. The quantitative estimate of drug-likeness (QED) is 0.434. The zero-order valence-corrected chi connectivity index (χ0v) is 20.6. The highest BCUT2D eigenvalue weighted by molar-refractivity contribution is 7.89. The molecule has 0 radical (unpaired) electrons. The van der Waals surface area contributed by atoms with Gasteiger partial charge >= 0.3 is 0 Å². The Kier molecular flexibility index (Phi) is 5.88. The molecule has 2 aromatic heterocycles. The monoisotopic (exact) mass is 495 g/mol. The molecule has 2 aromatic carbocycles. The number of benzene rings is 2. The Hall–Kier alpha value is -3.21. The molecule has 1 aliphatic rings. The minimum Gasteiger partial charge on any atom is -0.371 e. The summed E-state index contributed by atoms with van der Waals surface area (Å²) < 4.78 is 28.5. The Balaban J connectivity index is 1.43. The summed E-state index contributed by atoms with van der Waals surface area (Å²) in [7, 11) is -0.700. The lowest BCUT2D eigenvalue weighted by atomic mass is 10.1. The molecule has 34 heavy (non-hydrogen) atoms. The van der Waals surface area contributed by atoms with Gasteiger partial charge in [0.15, 0.2) is 4.96 Å². The molecular formula is C24H25N5O3S2. The van der Waals surface area contributed by atoms with E-state index in [1.165, 1.54) is 20.2 Å². The van der Waals surface area contributed by atoms with E-state index in [1.807, 2.05) is 46.4 Å². The Morgan fingerprint density at radius 3 is 2.50 bits per heavy atom. The highest BCUT2D eigenvalue weighted by Gasteiger charge is 2.24. The average Bonchev–Trinajstić information content (AvgIpc) is 3.57. The molecule has 1 aliphatic heterocycles. The Morgan fingerprint density at radius 1 is 1.09 bits per heavy atom. The van der Waals surface area contributed by atoms with Crippen LogP contribution >= 0.6 is 11.3 Å². The predicted octanol–water partition coefficient (Wildman–Crippen LogP) is 4.17. The second-order valence-corrected chi connectivity index (χ2v) is 11.4. The first-order valence-corrected chi connectivity index (χ1v) is 13.3. The molecule has 0 unspecified atom stereocenters. The zero-order valence-electron chi connectivity index (χ0n) is 18.9. The third-order valence-electron chi connectivity index (χ3n) is 5.97. The van der Waals surface area contributed by atoms with Crippen molar-refractivity contribution in [3.63, 3.8) is 0 Å². The van der Waals surface area contributed by atoms with Crippen LogP contribution in [0.4, 0.5) is 11.4 Å². The number of imidazole rings is 1. The van der Waals surface area contributed by atoms with Gasteiger partial charge < -0.3 is 10.2 Å². The van der Waals surface area contributed by atoms with Crippen LogP contribution in [0.2, 0.25) is 0 Å². The molecule has 0 saturated carbocycles. The van der Waals surface area contributed by atoms with E-state index in [1.54, 1.807) is 23.5 Å². The number of anilines is 2. The van der Waals surface area contributed by atoms with Crippen molar-refractivity contribution >= 4 is 43.6 Å². The second-order valence-electron chi connectivity index (χ2n) is 8.41. The van der Waals surface area contributed by atoms with Crippen LogP contribution in [0, 0.1) is 0 Å². The van der Waals surface area contributed by atoms with Gasteiger partial charge in [-0.3, -0.25) is 9.20 Å². The molecule has 10 heteroatoms. The number of sulfonamides is 1. The van der Waals surface area contributed by atoms with Crippen molar-refractivity contribution in [2.75, 3.05) is 37.4 Å². The zero-order chi connectivity index (χ0) is 23.9. The second kappa shape index (κ2) is 8.86. The summed E-state index contributed by atoms with van der Waals surface area (Å²) in [4.78, 5) is 21.1. The number of hydrogen-bond acceptors (Lipinski definition) is 6. The minimum atomic E-state index is -3.66. The van der Waals surface area contributed by atoms with E-state index in [2.05, 4.69) is 15.2 Å². The van der Waals surface area contributed by atoms with Gasteiger partial charge in [-0.1, -0.05) is 12.1 Å². The molecule has 0 spiro atoms. The number of carbonyl (C=O) groups is 1. The molecule has 1 fully saturated rings. The number of amides is 1. The molecule has 4 aromatic rings. The number of thiazole rings is 1. The summed E-state index contributed by atoms with van der Waals surface area (Å²) in [6.45, 7) is 1.69. The normalized spacial score (nSPS) is 14.3. The van der Waals surface area contributed by atoms with Crippen molar-refractivity contribution in [3.05, 3.63) is 65.8 Å². The van der Waals surface area contributed by atoms with Crippen LogP contribution in [0.3, 0.4) is 0 Å². The first-order valence-electron chi connectivity index (χ1n) is 11.0. The summed E-state index contributed by atoms with van der Waals surface area (Å²) >= 11 is 1.57. The number of aromatic nitrogens is 2. The number of rotatable bonds is 6. The van der Waals surface area contributed by atoms with E-state index in [-0.39, 0.29) is 10.8 Å². The van der Waals surface area contributed by atoms with E-state index in [4.69, 9.17) is 0 Å². The van der Waals surface area contributed by atoms with Crippen molar-refractivity contribution in [1.82, 2.24) is 13.7 Å². The largest absolute Gasteiger partial charge is 0.371 e. The fourth-order valence-corrected chi connectivity index (χ4v) is 5.72. The molecule has 1 amide bonds. The van der Waals surface area contributed by atoms with Crippen LogP contribution < -0.4 is 10.2 Å². The smallest absolute Gasteiger partial charge is 0.257 e. The van der Waals surface area contributed by atoms with E-state index in [9.17, 15) is 13.2 Å². The third-order valence-corrected chi connectivity index (χ3v) is 8.55. The molecule has 3 heterocycles. The maximum absolute atomic E-state index is 13.3. The van der Waals surface area contributed by atoms with Gasteiger partial charge in [0, 0.05) is 61.9 Å². The molecule has 0 bridgehead atoms. The van der Waals surface area contributed by atoms with Crippen LogP contribution in [0.15, 0.2) is 65.1 Å². The van der Waals surface area contributed by atoms with Gasteiger partial charge in [0.2, 0.25) is 10.0 Å². The van der Waals surface area contributed by atoms with E-state index >= 15 is 0 Å². The van der Waals surface area contributed by atoms with Crippen LogP contribution in [0.5, 0.6) is 0 Å². The van der Waals surface area contributed by atoms with Gasteiger partial charge in [0.1, 0.15) is 0 Å². The SMILES string of the molecule is CN(C)S(=O)(=O)c1ccc(N2CCCC2)c(C(=O)Nc2ccc(-c3cn4ccsc4n3)cc2)c1. The van der Waals surface area contributed by atoms with Gasteiger partial charge in [-0.15, -0.1) is 11.3 Å². The maximum Gasteiger partial charge on any atom is 0.257 e. The Bertz CT molecular complexity index is 1420. The van der Waals surface area contributed by atoms with Gasteiger partial charge in [-0.05, 0) is 43.2 Å². The average molecular weight is 496 g/mol. The lowest BCUT2D eigenvalue weighted by Gasteiger charge is -2.22. The molecule has 5 rings (SSSR count). The van der Waals surface area contributed by atoms with Crippen LogP contribution in [-0.2, 0) is 10.0 Å².